The Kier molecular flexibility index (Phi) is 9.37. The van der Waals surface area contributed by atoms with Gasteiger partial charge in [0.25, 0.3) is 0 Å². The van der Waals surface area contributed by atoms with Crippen LogP contribution in [0.1, 0.15) is 18.2 Å². The van der Waals surface area contributed by atoms with Crippen molar-refractivity contribution < 1.29 is 14.1 Å². The predicted molar refractivity (Wildman–Crippen MR) is 126 cm³/mol. The fraction of sp³-hybridized carbons (Fsp3) is 0.450. The summed E-state index contributed by atoms with van der Waals surface area (Å²) in [5.41, 5.74) is 2.64. The molecule has 1 amide bonds. The minimum atomic E-state index is -0.132. The predicted octanol–water partition coefficient (Wildman–Crippen LogP) is 2.15. The second-order valence-electron chi connectivity index (χ2n) is 6.87. The first kappa shape index (κ1) is 23.9. The molecular formula is C20H29IN6O3. The number of aromatic nitrogens is 1. The van der Waals surface area contributed by atoms with Gasteiger partial charge in [0, 0.05) is 59.3 Å². The van der Waals surface area contributed by atoms with Crippen LogP contribution in [0.5, 0.6) is 5.75 Å². The third kappa shape index (κ3) is 6.59. The van der Waals surface area contributed by atoms with Crippen molar-refractivity contribution in [2.24, 2.45) is 4.99 Å². The number of rotatable bonds is 6. The van der Waals surface area contributed by atoms with Crippen LogP contribution in [0.15, 0.2) is 40.0 Å². The van der Waals surface area contributed by atoms with Gasteiger partial charge in [0.2, 0.25) is 5.91 Å². The zero-order chi connectivity index (χ0) is 20.6. The van der Waals surface area contributed by atoms with Crippen molar-refractivity contribution >= 4 is 41.5 Å². The van der Waals surface area contributed by atoms with Crippen LogP contribution >= 0.6 is 24.0 Å². The van der Waals surface area contributed by atoms with Gasteiger partial charge in [-0.25, -0.2) is 0 Å². The Morgan fingerprint density at radius 2 is 2.03 bits per heavy atom. The number of amides is 1. The number of aliphatic imine (C=N–C) groups is 1. The largest absolute Gasteiger partial charge is 0.495 e. The van der Waals surface area contributed by atoms with E-state index in [1.807, 2.05) is 24.3 Å². The smallest absolute Gasteiger partial charge is 0.221 e. The van der Waals surface area contributed by atoms with Crippen molar-refractivity contribution in [3.63, 3.8) is 0 Å². The van der Waals surface area contributed by atoms with Gasteiger partial charge in [-0.3, -0.25) is 14.7 Å². The number of hydrogen-bond acceptors (Lipinski definition) is 6. The van der Waals surface area contributed by atoms with Gasteiger partial charge in [0.05, 0.1) is 18.5 Å². The van der Waals surface area contributed by atoms with E-state index in [-0.39, 0.29) is 29.9 Å². The van der Waals surface area contributed by atoms with Crippen molar-refractivity contribution in [3.05, 3.63) is 41.8 Å². The summed E-state index contributed by atoms with van der Waals surface area (Å²) in [7, 11) is 3.38. The van der Waals surface area contributed by atoms with Gasteiger partial charge in [0.15, 0.2) is 5.96 Å². The molecule has 9 nitrogen and oxygen atoms in total. The first-order chi connectivity index (χ1) is 14.1. The maximum atomic E-state index is 11.4. The third-order valence-corrected chi connectivity index (χ3v) is 4.79. The summed E-state index contributed by atoms with van der Waals surface area (Å²) in [5.74, 6) is 1.37. The molecule has 0 unspecified atom stereocenters. The Morgan fingerprint density at radius 3 is 2.63 bits per heavy atom. The normalized spacial score (nSPS) is 14.8. The van der Waals surface area contributed by atoms with Crippen LogP contribution in [0.3, 0.4) is 0 Å². The summed E-state index contributed by atoms with van der Waals surface area (Å²) in [4.78, 5) is 20.4. The second-order valence-corrected chi connectivity index (χ2v) is 6.87. The summed E-state index contributed by atoms with van der Waals surface area (Å²) in [6.45, 7) is 6.52. The van der Waals surface area contributed by atoms with E-state index >= 15 is 0 Å². The van der Waals surface area contributed by atoms with Crippen LogP contribution < -0.4 is 15.4 Å². The van der Waals surface area contributed by atoms with E-state index in [0.717, 1.165) is 49.9 Å². The highest BCUT2D eigenvalue weighted by molar-refractivity contribution is 14.0. The average Bonchev–Trinajstić information content (AvgIpc) is 3.22. The van der Waals surface area contributed by atoms with Crippen LogP contribution in [0.4, 0.5) is 5.69 Å². The van der Waals surface area contributed by atoms with Crippen LogP contribution in [0.2, 0.25) is 0 Å². The topological polar surface area (TPSA) is 95.2 Å². The number of piperazine rings is 1. The standard InChI is InChI=1S/C20H28N6O3.HI/c1-15(27)23-18-12-16(4-5-19(18)28-3)13-22-20(21-2)26-9-7-25(8-10-26)14-17-6-11-29-24-17;/h4-6,11-12H,7-10,13-14H2,1-3H3,(H,21,22)(H,23,27);1H. The molecule has 0 spiro atoms. The van der Waals surface area contributed by atoms with E-state index in [1.54, 1.807) is 20.4 Å². The Balaban J connectivity index is 0.00000320. The van der Waals surface area contributed by atoms with Gasteiger partial charge in [-0.05, 0) is 17.7 Å². The molecule has 0 atom stereocenters. The number of methoxy groups -OCH3 is 1. The van der Waals surface area contributed by atoms with Gasteiger partial charge < -0.3 is 24.8 Å². The number of guanidine groups is 1. The van der Waals surface area contributed by atoms with Crippen molar-refractivity contribution in [2.75, 3.05) is 45.7 Å². The number of anilines is 1. The zero-order valence-electron chi connectivity index (χ0n) is 17.6. The molecule has 3 rings (SSSR count). The van der Waals surface area contributed by atoms with Crippen LogP contribution in [0.25, 0.3) is 0 Å². The summed E-state index contributed by atoms with van der Waals surface area (Å²) < 4.78 is 10.2. The zero-order valence-corrected chi connectivity index (χ0v) is 19.9. The highest BCUT2D eigenvalue weighted by Gasteiger charge is 2.20. The number of nitrogens with one attached hydrogen (secondary N) is 2. The molecule has 1 saturated heterocycles. The minimum Gasteiger partial charge on any atom is -0.495 e. The third-order valence-electron chi connectivity index (χ3n) is 4.79. The molecule has 0 saturated carbocycles. The number of carbonyl (C=O) groups excluding carboxylic acids is 1. The van der Waals surface area contributed by atoms with E-state index in [0.29, 0.717) is 18.0 Å². The first-order valence-electron chi connectivity index (χ1n) is 9.60. The lowest BCUT2D eigenvalue weighted by atomic mass is 10.2. The van der Waals surface area contributed by atoms with Crippen molar-refractivity contribution in [2.45, 2.75) is 20.0 Å². The number of ether oxygens (including phenoxy) is 1. The van der Waals surface area contributed by atoms with E-state index in [9.17, 15) is 4.79 Å². The number of carbonyl (C=O) groups is 1. The monoisotopic (exact) mass is 528 g/mol. The van der Waals surface area contributed by atoms with Gasteiger partial charge in [0.1, 0.15) is 12.0 Å². The molecule has 1 aromatic heterocycles. The molecule has 2 aromatic rings. The molecule has 10 heteroatoms. The van der Waals surface area contributed by atoms with Gasteiger partial charge in [-0.1, -0.05) is 11.2 Å². The summed E-state index contributed by atoms with van der Waals surface area (Å²) >= 11 is 0. The van der Waals surface area contributed by atoms with Crippen LogP contribution in [-0.4, -0.2) is 67.2 Å². The molecule has 1 aliphatic rings. The Hall–Kier alpha value is -2.34. The quantitative estimate of drug-likeness (QED) is 0.337. The van der Waals surface area contributed by atoms with Crippen molar-refractivity contribution in [1.82, 2.24) is 20.3 Å². The SMILES string of the molecule is CN=C(NCc1ccc(OC)c(NC(C)=O)c1)N1CCN(Cc2ccon2)CC1.I. The van der Waals surface area contributed by atoms with Gasteiger partial charge in [-0.15, -0.1) is 24.0 Å². The molecule has 1 aliphatic heterocycles. The number of benzene rings is 1. The van der Waals surface area contributed by atoms with Crippen molar-refractivity contribution in [3.8, 4) is 5.75 Å². The Morgan fingerprint density at radius 1 is 1.27 bits per heavy atom. The Labute approximate surface area is 193 Å². The molecular weight excluding hydrogens is 499 g/mol. The van der Waals surface area contributed by atoms with E-state index in [2.05, 4.69) is 30.6 Å². The average molecular weight is 528 g/mol. The van der Waals surface area contributed by atoms with E-state index in [1.165, 1.54) is 6.92 Å². The highest BCUT2D eigenvalue weighted by atomic mass is 127. The molecule has 164 valence electrons. The molecule has 1 fully saturated rings. The number of halogens is 1. The second kappa shape index (κ2) is 11.7. The number of hydrogen-bond donors (Lipinski definition) is 2. The molecule has 2 N–H and O–H groups in total. The summed E-state index contributed by atoms with van der Waals surface area (Å²) in [6, 6.07) is 7.64. The highest BCUT2D eigenvalue weighted by Crippen LogP contribution is 2.25. The van der Waals surface area contributed by atoms with Crippen LogP contribution in [-0.2, 0) is 17.9 Å². The molecule has 0 aliphatic carbocycles. The number of nitrogens with zero attached hydrogens (tertiary/aromatic N) is 4. The lowest BCUT2D eigenvalue weighted by Crippen LogP contribution is -2.52. The lowest BCUT2D eigenvalue weighted by Gasteiger charge is -2.36. The fourth-order valence-electron chi connectivity index (χ4n) is 3.33. The van der Waals surface area contributed by atoms with Gasteiger partial charge in [-0.2, -0.15) is 0 Å². The maximum absolute atomic E-state index is 11.4. The first-order valence-corrected chi connectivity index (χ1v) is 9.60. The molecule has 30 heavy (non-hydrogen) atoms. The summed E-state index contributed by atoms with van der Waals surface area (Å²) in [6.07, 6.45) is 1.61. The fourth-order valence-corrected chi connectivity index (χ4v) is 3.33. The lowest BCUT2D eigenvalue weighted by molar-refractivity contribution is -0.114. The minimum absolute atomic E-state index is 0. The maximum Gasteiger partial charge on any atom is 0.221 e. The Bertz CT molecular complexity index is 835. The molecule has 0 radical (unpaired) electrons. The molecule has 1 aromatic carbocycles. The van der Waals surface area contributed by atoms with Crippen LogP contribution in [0, 0.1) is 0 Å². The van der Waals surface area contributed by atoms with E-state index in [4.69, 9.17) is 9.26 Å². The van der Waals surface area contributed by atoms with E-state index < -0.39 is 0 Å². The van der Waals surface area contributed by atoms with Crippen molar-refractivity contribution in [1.29, 1.82) is 0 Å². The van der Waals surface area contributed by atoms with Gasteiger partial charge >= 0.3 is 0 Å². The summed E-state index contributed by atoms with van der Waals surface area (Å²) in [5, 5.41) is 10.2. The molecule has 2 heterocycles. The molecule has 0 bridgehead atoms.